The van der Waals surface area contributed by atoms with Crippen LogP contribution in [0.3, 0.4) is 0 Å². The van der Waals surface area contributed by atoms with Crippen LogP contribution in [0.15, 0.2) is 78.9 Å². The lowest BCUT2D eigenvalue weighted by Crippen LogP contribution is -2.29. The number of hydrogen-bond donors (Lipinski definition) is 0. The van der Waals surface area contributed by atoms with Crippen molar-refractivity contribution >= 4 is 34.9 Å². The number of benzene rings is 3. The van der Waals surface area contributed by atoms with E-state index in [4.69, 9.17) is 11.0 Å². The standard InChI is InChI=1S/C23H23O2P/c1-4-25-21-16-11-17-22(23(21)18(2)24)26(3,19-12-7-5-8-13-19)20-14-9-6-10-15-20/h5-17H,3-4H2,1-2H3. The van der Waals surface area contributed by atoms with E-state index in [0.29, 0.717) is 17.9 Å². The second-order valence-electron chi connectivity index (χ2n) is 6.12. The minimum Gasteiger partial charge on any atom is -0.493 e. The zero-order valence-electron chi connectivity index (χ0n) is 15.2. The Morgan fingerprint density at radius 2 is 1.42 bits per heavy atom. The fraction of sp³-hybridized carbons (Fsp3) is 0.130. The lowest BCUT2D eigenvalue weighted by Gasteiger charge is -2.29. The van der Waals surface area contributed by atoms with Crippen LogP contribution in [0.2, 0.25) is 0 Å². The summed E-state index contributed by atoms with van der Waals surface area (Å²) in [5.74, 6) is 0.640. The summed E-state index contributed by atoms with van der Waals surface area (Å²) < 4.78 is 5.78. The van der Waals surface area contributed by atoms with Gasteiger partial charge in [0.25, 0.3) is 0 Å². The summed E-state index contributed by atoms with van der Waals surface area (Å²) in [7, 11) is 0. The van der Waals surface area contributed by atoms with Crippen molar-refractivity contribution in [2.24, 2.45) is 0 Å². The van der Waals surface area contributed by atoms with E-state index in [1.165, 1.54) is 0 Å². The quantitative estimate of drug-likeness (QED) is 0.489. The lowest BCUT2D eigenvalue weighted by atomic mass is 10.1. The van der Waals surface area contributed by atoms with E-state index in [2.05, 4.69) is 24.3 Å². The highest BCUT2D eigenvalue weighted by Gasteiger charge is 2.28. The second kappa shape index (κ2) is 7.76. The van der Waals surface area contributed by atoms with Crippen LogP contribution >= 0.6 is 6.89 Å². The van der Waals surface area contributed by atoms with Gasteiger partial charge in [-0.1, -0.05) is 79.1 Å². The Labute approximate surface area is 155 Å². The molecule has 0 heterocycles. The molecule has 0 saturated carbocycles. The highest BCUT2D eigenvalue weighted by atomic mass is 31.2. The summed E-state index contributed by atoms with van der Waals surface area (Å²) in [5.41, 5.74) is 0.644. The van der Waals surface area contributed by atoms with Crippen molar-refractivity contribution in [3.05, 3.63) is 84.4 Å². The molecule has 0 aliphatic carbocycles. The van der Waals surface area contributed by atoms with E-state index in [1.54, 1.807) is 6.92 Å². The number of rotatable bonds is 6. The number of ether oxygens (including phenoxy) is 1. The molecule has 3 heteroatoms. The van der Waals surface area contributed by atoms with Gasteiger partial charge in [-0.2, -0.15) is 0 Å². The number of carbonyl (C=O) groups excluding carboxylic acids is 1. The van der Waals surface area contributed by atoms with E-state index in [-0.39, 0.29) is 5.78 Å². The van der Waals surface area contributed by atoms with E-state index in [1.807, 2.05) is 61.5 Å². The van der Waals surface area contributed by atoms with Crippen molar-refractivity contribution in [1.29, 1.82) is 0 Å². The molecule has 26 heavy (non-hydrogen) atoms. The molecule has 0 saturated heterocycles. The molecule has 0 spiro atoms. The first kappa shape index (κ1) is 18.2. The average molecular weight is 362 g/mol. The largest absolute Gasteiger partial charge is 0.493 e. The van der Waals surface area contributed by atoms with Crippen LogP contribution in [0.4, 0.5) is 0 Å². The van der Waals surface area contributed by atoms with Gasteiger partial charge < -0.3 is 4.74 Å². The average Bonchev–Trinajstić information content (AvgIpc) is 2.68. The molecular formula is C23H23O2P. The van der Waals surface area contributed by atoms with Crippen molar-refractivity contribution in [3.63, 3.8) is 0 Å². The molecule has 0 radical (unpaired) electrons. The fourth-order valence-electron chi connectivity index (χ4n) is 3.26. The number of ketones is 1. The summed E-state index contributed by atoms with van der Waals surface area (Å²) in [6.07, 6.45) is 4.73. The van der Waals surface area contributed by atoms with Crippen molar-refractivity contribution in [3.8, 4) is 5.75 Å². The van der Waals surface area contributed by atoms with Crippen LogP contribution in [-0.2, 0) is 0 Å². The molecule has 0 bridgehead atoms. The first-order valence-electron chi connectivity index (χ1n) is 8.71. The SMILES string of the molecule is C=P(c1ccccc1)(c1ccccc1)c1cccc(OCC)c1C(C)=O. The lowest BCUT2D eigenvalue weighted by molar-refractivity contribution is 0.101. The predicted octanol–water partition coefficient (Wildman–Crippen LogP) is 4.01. The first-order chi connectivity index (χ1) is 12.6. The van der Waals surface area contributed by atoms with Gasteiger partial charge in [0, 0.05) is 0 Å². The van der Waals surface area contributed by atoms with Crippen LogP contribution in [0.25, 0.3) is 0 Å². The van der Waals surface area contributed by atoms with Gasteiger partial charge in [0.2, 0.25) is 0 Å². The molecule has 0 N–H and O–H groups in total. The zero-order valence-corrected chi connectivity index (χ0v) is 16.1. The summed E-state index contributed by atoms with van der Waals surface area (Å²) >= 11 is 0. The molecule has 0 aromatic heterocycles. The van der Waals surface area contributed by atoms with Gasteiger partial charge in [-0.05, 0) is 42.7 Å². The van der Waals surface area contributed by atoms with E-state index in [0.717, 1.165) is 15.9 Å². The first-order valence-corrected chi connectivity index (χ1v) is 10.7. The molecule has 0 fully saturated rings. The molecule has 3 aromatic carbocycles. The summed E-state index contributed by atoms with van der Waals surface area (Å²) in [6.45, 7) is 1.82. The monoisotopic (exact) mass is 362 g/mol. The molecule has 3 rings (SSSR count). The van der Waals surface area contributed by atoms with Gasteiger partial charge in [0.05, 0.1) is 12.2 Å². The highest BCUT2D eigenvalue weighted by Crippen LogP contribution is 2.44. The third-order valence-electron chi connectivity index (χ3n) is 4.46. The smallest absolute Gasteiger partial charge is 0.164 e. The topological polar surface area (TPSA) is 26.3 Å². The molecule has 0 amide bonds. The maximum absolute atomic E-state index is 12.6. The van der Waals surface area contributed by atoms with Crippen LogP contribution in [0.5, 0.6) is 5.75 Å². The maximum Gasteiger partial charge on any atom is 0.164 e. The molecular weight excluding hydrogens is 339 g/mol. The Morgan fingerprint density at radius 1 is 0.885 bits per heavy atom. The van der Waals surface area contributed by atoms with Crippen molar-refractivity contribution < 1.29 is 9.53 Å². The van der Waals surface area contributed by atoms with Gasteiger partial charge in [-0.3, -0.25) is 4.79 Å². The fourth-order valence-corrected chi connectivity index (χ4v) is 6.47. The Bertz CT molecular complexity index is 903. The minimum absolute atomic E-state index is 0.00365. The summed E-state index contributed by atoms with van der Waals surface area (Å²) in [5, 5.41) is 3.25. The van der Waals surface area contributed by atoms with Crippen molar-refractivity contribution in [1.82, 2.24) is 0 Å². The molecule has 0 atom stereocenters. The van der Waals surface area contributed by atoms with Crippen LogP contribution < -0.4 is 20.7 Å². The summed E-state index contributed by atoms with van der Waals surface area (Å²) in [6, 6.07) is 26.4. The van der Waals surface area contributed by atoms with Gasteiger partial charge >= 0.3 is 0 Å². The van der Waals surface area contributed by atoms with Gasteiger partial charge in [-0.15, -0.1) is 0 Å². The molecule has 132 valence electrons. The highest BCUT2D eigenvalue weighted by molar-refractivity contribution is 7.93. The molecule has 0 aliphatic rings. The number of hydrogen-bond acceptors (Lipinski definition) is 2. The minimum atomic E-state index is -2.22. The third-order valence-corrected chi connectivity index (χ3v) is 8.02. The van der Waals surface area contributed by atoms with E-state index < -0.39 is 6.89 Å². The number of carbonyl (C=O) groups is 1. The van der Waals surface area contributed by atoms with Gasteiger partial charge in [0.1, 0.15) is 5.75 Å². The second-order valence-corrected chi connectivity index (χ2v) is 9.25. The van der Waals surface area contributed by atoms with Crippen LogP contribution in [0, 0.1) is 0 Å². The Morgan fingerprint density at radius 3 is 1.88 bits per heavy atom. The van der Waals surface area contributed by atoms with E-state index >= 15 is 0 Å². The Hall–Kier alpha value is -2.57. The normalized spacial score (nSPS) is 11.2. The number of Topliss-reactive ketones (excluding diaryl/α,β-unsaturated/α-hetero) is 1. The zero-order chi connectivity index (χ0) is 18.6. The van der Waals surface area contributed by atoms with E-state index in [9.17, 15) is 4.79 Å². The van der Waals surface area contributed by atoms with Crippen LogP contribution in [-0.4, -0.2) is 18.7 Å². The maximum atomic E-state index is 12.6. The molecule has 2 nitrogen and oxygen atoms in total. The van der Waals surface area contributed by atoms with Crippen molar-refractivity contribution in [2.45, 2.75) is 13.8 Å². The van der Waals surface area contributed by atoms with Crippen molar-refractivity contribution in [2.75, 3.05) is 6.61 Å². The molecule has 0 unspecified atom stereocenters. The summed E-state index contributed by atoms with van der Waals surface area (Å²) in [4.78, 5) is 12.6. The van der Waals surface area contributed by atoms with Gasteiger partial charge in [-0.25, -0.2) is 0 Å². The predicted molar refractivity (Wildman–Crippen MR) is 113 cm³/mol. The molecule has 0 aliphatic heterocycles. The Balaban J connectivity index is 2.37. The molecule has 3 aromatic rings. The Kier molecular flexibility index (Phi) is 5.44. The third kappa shape index (κ3) is 3.25. The van der Waals surface area contributed by atoms with Crippen LogP contribution in [0.1, 0.15) is 24.2 Å². The van der Waals surface area contributed by atoms with Gasteiger partial charge in [0.15, 0.2) is 5.78 Å².